The second kappa shape index (κ2) is 6.55. The average molecular weight is 234 g/mol. The molecule has 0 radical (unpaired) electrons. The Morgan fingerprint density at radius 2 is 2.06 bits per heavy atom. The molecule has 1 aromatic heterocycles. The number of nitrogens with one attached hydrogen (secondary N) is 2. The smallest absolute Gasteiger partial charge is 0.132 e. The minimum atomic E-state index is 0.983. The van der Waals surface area contributed by atoms with Crippen LogP contribution in [-0.4, -0.2) is 29.6 Å². The molecule has 17 heavy (non-hydrogen) atoms. The van der Waals surface area contributed by atoms with Crippen molar-refractivity contribution in [1.82, 2.24) is 15.3 Å². The first kappa shape index (κ1) is 12.3. The maximum Gasteiger partial charge on any atom is 0.132 e. The van der Waals surface area contributed by atoms with E-state index in [4.69, 9.17) is 0 Å². The van der Waals surface area contributed by atoms with Gasteiger partial charge in [0.25, 0.3) is 0 Å². The van der Waals surface area contributed by atoms with Gasteiger partial charge in [-0.2, -0.15) is 0 Å². The Kier molecular flexibility index (Phi) is 4.74. The first-order chi connectivity index (χ1) is 8.42. The van der Waals surface area contributed by atoms with Gasteiger partial charge in [-0.05, 0) is 45.2 Å². The molecule has 0 amide bonds. The van der Waals surface area contributed by atoms with Crippen LogP contribution in [0.15, 0.2) is 6.33 Å². The fraction of sp³-hybridized carbons (Fsp3) is 0.692. The lowest BCUT2D eigenvalue weighted by atomic mass is 9.96. The lowest BCUT2D eigenvalue weighted by molar-refractivity contribution is 0.660. The molecule has 94 valence electrons. The van der Waals surface area contributed by atoms with E-state index in [0.717, 1.165) is 44.7 Å². The summed E-state index contributed by atoms with van der Waals surface area (Å²) in [5.41, 5.74) is 2.60. The van der Waals surface area contributed by atoms with Gasteiger partial charge in [-0.25, -0.2) is 9.97 Å². The zero-order valence-electron chi connectivity index (χ0n) is 10.6. The zero-order valence-corrected chi connectivity index (χ0v) is 10.6. The maximum atomic E-state index is 4.37. The van der Waals surface area contributed by atoms with E-state index >= 15 is 0 Å². The molecule has 0 saturated heterocycles. The van der Waals surface area contributed by atoms with Gasteiger partial charge in [-0.15, -0.1) is 0 Å². The van der Waals surface area contributed by atoms with E-state index in [-0.39, 0.29) is 0 Å². The highest BCUT2D eigenvalue weighted by molar-refractivity contribution is 5.46. The Bertz CT molecular complexity index is 351. The first-order valence-corrected chi connectivity index (χ1v) is 6.69. The van der Waals surface area contributed by atoms with Crippen molar-refractivity contribution in [3.8, 4) is 0 Å². The molecule has 0 aliphatic heterocycles. The number of aryl methyl sites for hydroxylation is 1. The van der Waals surface area contributed by atoms with Gasteiger partial charge in [0.1, 0.15) is 12.1 Å². The van der Waals surface area contributed by atoms with Crippen LogP contribution in [0.4, 0.5) is 5.82 Å². The Morgan fingerprint density at radius 3 is 2.94 bits per heavy atom. The molecule has 0 spiro atoms. The molecule has 0 aromatic carbocycles. The zero-order chi connectivity index (χ0) is 11.9. The van der Waals surface area contributed by atoms with E-state index in [0.29, 0.717) is 0 Å². The van der Waals surface area contributed by atoms with Crippen LogP contribution in [0, 0.1) is 0 Å². The summed E-state index contributed by atoms with van der Waals surface area (Å²) in [4.78, 5) is 8.74. The molecule has 0 unspecified atom stereocenters. The summed E-state index contributed by atoms with van der Waals surface area (Å²) in [6, 6.07) is 0. The van der Waals surface area contributed by atoms with Gasteiger partial charge < -0.3 is 10.6 Å². The first-order valence-electron chi connectivity index (χ1n) is 6.69. The molecule has 0 atom stereocenters. The SMILES string of the molecule is CCNCCCNc1ncnc2c1CCCC2. The maximum absolute atomic E-state index is 4.37. The van der Waals surface area contributed by atoms with Crippen LogP contribution in [0.2, 0.25) is 0 Å². The van der Waals surface area contributed by atoms with Crippen molar-refractivity contribution in [3.63, 3.8) is 0 Å². The third kappa shape index (κ3) is 3.40. The summed E-state index contributed by atoms with van der Waals surface area (Å²) in [5, 5.41) is 6.76. The normalized spacial score (nSPS) is 14.4. The molecule has 0 fully saturated rings. The summed E-state index contributed by atoms with van der Waals surface area (Å²) in [7, 11) is 0. The van der Waals surface area contributed by atoms with E-state index in [1.165, 1.54) is 24.1 Å². The highest BCUT2D eigenvalue weighted by Gasteiger charge is 2.14. The molecule has 1 aromatic rings. The van der Waals surface area contributed by atoms with Crippen molar-refractivity contribution in [2.45, 2.75) is 39.0 Å². The van der Waals surface area contributed by atoms with E-state index in [1.807, 2.05) is 0 Å². The molecule has 4 heteroatoms. The summed E-state index contributed by atoms with van der Waals surface area (Å²) < 4.78 is 0. The molecule has 1 aliphatic rings. The van der Waals surface area contributed by atoms with Gasteiger partial charge in [-0.3, -0.25) is 0 Å². The van der Waals surface area contributed by atoms with Crippen LogP contribution in [-0.2, 0) is 12.8 Å². The van der Waals surface area contributed by atoms with Gasteiger partial charge in [0.05, 0.1) is 0 Å². The number of rotatable bonds is 6. The van der Waals surface area contributed by atoms with E-state index in [1.54, 1.807) is 6.33 Å². The number of anilines is 1. The van der Waals surface area contributed by atoms with Crippen molar-refractivity contribution < 1.29 is 0 Å². The second-order valence-corrected chi connectivity index (χ2v) is 4.49. The van der Waals surface area contributed by atoms with E-state index in [9.17, 15) is 0 Å². The van der Waals surface area contributed by atoms with Crippen LogP contribution in [0.5, 0.6) is 0 Å². The van der Waals surface area contributed by atoms with Crippen LogP contribution in [0.25, 0.3) is 0 Å². The van der Waals surface area contributed by atoms with Crippen molar-refractivity contribution in [2.75, 3.05) is 25.0 Å². The van der Waals surface area contributed by atoms with Gasteiger partial charge in [-0.1, -0.05) is 6.92 Å². The topological polar surface area (TPSA) is 49.8 Å². The molecule has 2 rings (SSSR count). The fourth-order valence-corrected chi connectivity index (χ4v) is 2.27. The minimum absolute atomic E-state index is 0.983. The van der Waals surface area contributed by atoms with Gasteiger partial charge in [0, 0.05) is 17.8 Å². The molecular formula is C13H22N4. The number of hydrogen-bond donors (Lipinski definition) is 2. The molecule has 2 N–H and O–H groups in total. The standard InChI is InChI=1S/C13H22N4/c1-2-14-8-5-9-15-13-11-6-3-4-7-12(11)16-10-17-13/h10,14H,2-9H2,1H3,(H,15,16,17). The predicted octanol–water partition coefficient (Wildman–Crippen LogP) is 1.77. The fourth-order valence-electron chi connectivity index (χ4n) is 2.27. The van der Waals surface area contributed by atoms with E-state index < -0.39 is 0 Å². The number of aromatic nitrogens is 2. The van der Waals surface area contributed by atoms with E-state index in [2.05, 4.69) is 27.5 Å². The van der Waals surface area contributed by atoms with Crippen LogP contribution < -0.4 is 10.6 Å². The van der Waals surface area contributed by atoms with Gasteiger partial charge >= 0.3 is 0 Å². The third-order valence-corrected chi connectivity index (χ3v) is 3.20. The molecule has 4 nitrogen and oxygen atoms in total. The van der Waals surface area contributed by atoms with Crippen molar-refractivity contribution >= 4 is 5.82 Å². The lowest BCUT2D eigenvalue weighted by Gasteiger charge is -2.17. The van der Waals surface area contributed by atoms with Gasteiger partial charge in [0.2, 0.25) is 0 Å². The number of nitrogens with zero attached hydrogens (tertiary/aromatic N) is 2. The van der Waals surface area contributed by atoms with Crippen molar-refractivity contribution in [2.24, 2.45) is 0 Å². The second-order valence-electron chi connectivity index (χ2n) is 4.49. The summed E-state index contributed by atoms with van der Waals surface area (Å²) >= 11 is 0. The van der Waals surface area contributed by atoms with Crippen LogP contribution in [0.3, 0.4) is 0 Å². The van der Waals surface area contributed by atoms with Gasteiger partial charge in [0.15, 0.2) is 0 Å². The predicted molar refractivity (Wildman–Crippen MR) is 70.3 cm³/mol. The summed E-state index contributed by atoms with van der Waals surface area (Å²) in [5.74, 6) is 1.06. The molecule has 1 heterocycles. The Morgan fingerprint density at radius 1 is 1.18 bits per heavy atom. The lowest BCUT2D eigenvalue weighted by Crippen LogP contribution is -2.18. The quantitative estimate of drug-likeness (QED) is 0.737. The Labute approximate surface area is 103 Å². The van der Waals surface area contributed by atoms with Crippen molar-refractivity contribution in [1.29, 1.82) is 0 Å². The molecule has 0 saturated carbocycles. The molecule has 0 bridgehead atoms. The number of hydrogen-bond acceptors (Lipinski definition) is 4. The minimum Gasteiger partial charge on any atom is -0.370 e. The number of fused-ring (bicyclic) bond motifs is 1. The molecular weight excluding hydrogens is 212 g/mol. The van der Waals surface area contributed by atoms with Crippen LogP contribution in [0.1, 0.15) is 37.4 Å². The summed E-state index contributed by atoms with van der Waals surface area (Å²) in [6.07, 6.45) is 7.61. The Hall–Kier alpha value is -1.16. The molecule has 1 aliphatic carbocycles. The van der Waals surface area contributed by atoms with Crippen molar-refractivity contribution in [3.05, 3.63) is 17.6 Å². The average Bonchev–Trinajstić information content (AvgIpc) is 2.39. The largest absolute Gasteiger partial charge is 0.370 e. The third-order valence-electron chi connectivity index (χ3n) is 3.20. The summed E-state index contributed by atoms with van der Waals surface area (Å²) in [6.45, 7) is 5.23. The highest BCUT2D eigenvalue weighted by atomic mass is 15.0. The highest BCUT2D eigenvalue weighted by Crippen LogP contribution is 2.24. The Balaban J connectivity index is 1.87. The monoisotopic (exact) mass is 234 g/mol. The van der Waals surface area contributed by atoms with Crippen LogP contribution >= 0.6 is 0 Å².